The second-order valence-electron chi connectivity index (χ2n) is 2.41. The molecule has 3 nitrogen and oxygen atoms in total. The Morgan fingerprint density at radius 3 is 2.92 bits per heavy atom. The Hall–Kier alpha value is -1.40. The van der Waals surface area contributed by atoms with Crippen LogP contribution in [0.2, 0.25) is 0 Å². The molecule has 0 aliphatic heterocycles. The molecule has 0 radical (unpaired) electrons. The van der Waals surface area contributed by atoms with Crippen molar-refractivity contribution in [3.8, 4) is 11.8 Å². The predicted octanol–water partition coefficient (Wildman–Crippen LogP) is 0.437. The summed E-state index contributed by atoms with van der Waals surface area (Å²) in [5.41, 5.74) is 2.27. The second-order valence-corrected chi connectivity index (χ2v) is 2.41. The van der Waals surface area contributed by atoms with E-state index in [2.05, 4.69) is 21.8 Å². The molecule has 0 saturated heterocycles. The summed E-state index contributed by atoms with van der Waals surface area (Å²) in [5.74, 6) is 5.27. The van der Waals surface area contributed by atoms with Crippen LogP contribution in [-0.4, -0.2) is 21.7 Å². The quantitative estimate of drug-likeness (QED) is 0.563. The molecular weight excluding hydrogens is 152 g/mol. The topological polar surface area (TPSA) is 46.0 Å². The van der Waals surface area contributed by atoms with Crippen LogP contribution in [0, 0.1) is 25.7 Å². The van der Waals surface area contributed by atoms with Gasteiger partial charge in [-0.3, -0.25) is 4.98 Å². The molecule has 1 aromatic rings. The summed E-state index contributed by atoms with van der Waals surface area (Å²) in [4.78, 5) is 8.25. The molecule has 1 aromatic heterocycles. The Balaban J connectivity index is 3.05. The molecule has 12 heavy (non-hydrogen) atoms. The van der Waals surface area contributed by atoms with Gasteiger partial charge in [0.2, 0.25) is 0 Å². The summed E-state index contributed by atoms with van der Waals surface area (Å²) in [6, 6.07) is 0. The molecule has 0 fully saturated rings. The third-order valence-electron chi connectivity index (χ3n) is 1.36. The highest BCUT2D eigenvalue weighted by Gasteiger charge is 1.96. The lowest BCUT2D eigenvalue weighted by Crippen LogP contribution is -1.94. The van der Waals surface area contributed by atoms with Crippen LogP contribution in [0.5, 0.6) is 0 Å². The Morgan fingerprint density at radius 1 is 1.50 bits per heavy atom. The fourth-order valence-electron chi connectivity index (χ4n) is 0.779. The van der Waals surface area contributed by atoms with Crippen molar-refractivity contribution in [2.75, 3.05) is 6.61 Å². The van der Waals surface area contributed by atoms with Gasteiger partial charge in [-0.15, -0.1) is 0 Å². The third-order valence-corrected chi connectivity index (χ3v) is 1.36. The molecule has 0 bridgehead atoms. The Labute approximate surface area is 71.5 Å². The average molecular weight is 162 g/mol. The normalized spacial score (nSPS) is 8.92. The van der Waals surface area contributed by atoms with Crippen molar-refractivity contribution >= 4 is 0 Å². The molecule has 0 unspecified atom stereocenters. The molecule has 0 spiro atoms. The third kappa shape index (κ3) is 2.04. The van der Waals surface area contributed by atoms with Crippen LogP contribution < -0.4 is 0 Å². The molecule has 0 atom stereocenters. The zero-order chi connectivity index (χ0) is 8.97. The van der Waals surface area contributed by atoms with Gasteiger partial charge in [-0.2, -0.15) is 0 Å². The van der Waals surface area contributed by atoms with Crippen LogP contribution in [0.15, 0.2) is 6.20 Å². The van der Waals surface area contributed by atoms with E-state index in [4.69, 9.17) is 5.11 Å². The van der Waals surface area contributed by atoms with Gasteiger partial charge in [0.15, 0.2) is 0 Å². The Morgan fingerprint density at radius 2 is 2.25 bits per heavy atom. The van der Waals surface area contributed by atoms with Gasteiger partial charge < -0.3 is 5.11 Å². The van der Waals surface area contributed by atoms with Crippen LogP contribution in [0.3, 0.4) is 0 Å². The molecule has 62 valence electrons. The van der Waals surface area contributed by atoms with Crippen molar-refractivity contribution in [1.29, 1.82) is 0 Å². The van der Waals surface area contributed by atoms with E-state index in [-0.39, 0.29) is 6.61 Å². The fraction of sp³-hybridized carbons (Fsp3) is 0.333. The number of nitrogens with zero attached hydrogens (tertiary/aromatic N) is 2. The van der Waals surface area contributed by atoms with E-state index in [1.54, 1.807) is 6.20 Å². The van der Waals surface area contributed by atoms with Crippen molar-refractivity contribution in [3.63, 3.8) is 0 Å². The first kappa shape index (κ1) is 8.69. The van der Waals surface area contributed by atoms with Crippen molar-refractivity contribution < 1.29 is 5.11 Å². The molecular formula is C9H10N2O. The smallest absolute Gasteiger partial charge is 0.134 e. The average Bonchev–Trinajstić information content (AvgIpc) is 2.07. The van der Waals surface area contributed by atoms with Gasteiger partial charge in [0.1, 0.15) is 12.3 Å². The highest BCUT2D eigenvalue weighted by molar-refractivity contribution is 5.31. The van der Waals surface area contributed by atoms with E-state index in [0.717, 1.165) is 11.4 Å². The Bertz CT molecular complexity index is 336. The van der Waals surface area contributed by atoms with E-state index in [1.807, 2.05) is 13.8 Å². The first-order chi connectivity index (χ1) is 5.74. The lowest BCUT2D eigenvalue weighted by Gasteiger charge is -1.96. The summed E-state index contributed by atoms with van der Waals surface area (Å²) in [6.07, 6.45) is 1.69. The van der Waals surface area contributed by atoms with Gasteiger partial charge in [-0.1, -0.05) is 5.92 Å². The summed E-state index contributed by atoms with van der Waals surface area (Å²) < 4.78 is 0. The van der Waals surface area contributed by atoms with Crippen molar-refractivity contribution in [3.05, 3.63) is 23.3 Å². The molecule has 0 aliphatic carbocycles. The van der Waals surface area contributed by atoms with Crippen LogP contribution in [0.4, 0.5) is 0 Å². The lowest BCUT2D eigenvalue weighted by molar-refractivity contribution is 0.350. The monoisotopic (exact) mass is 162 g/mol. The van der Waals surface area contributed by atoms with Gasteiger partial charge in [0.25, 0.3) is 0 Å². The minimum absolute atomic E-state index is 0.144. The molecule has 3 heteroatoms. The number of aliphatic hydroxyl groups is 1. The minimum atomic E-state index is -0.144. The van der Waals surface area contributed by atoms with Crippen molar-refractivity contribution in [2.24, 2.45) is 0 Å². The summed E-state index contributed by atoms with van der Waals surface area (Å²) in [5, 5.41) is 8.47. The van der Waals surface area contributed by atoms with Crippen LogP contribution in [0.25, 0.3) is 0 Å². The van der Waals surface area contributed by atoms with Gasteiger partial charge in [0, 0.05) is 6.20 Å². The molecule has 0 aliphatic rings. The number of aryl methyl sites for hydroxylation is 2. The van der Waals surface area contributed by atoms with Gasteiger partial charge in [-0.25, -0.2) is 4.98 Å². The van der Waals surface area contributed by atoms with E-state index in [1.165, 1.54) is 0 Å². The zero-order valence-corrected chi connectivity index (χ0v) is 7.13. The maximum absolute atomic E-state index is 8.47. The summed E-state index contributed by atoms with van der Waals surface area (Å²) >= 11 is 0. The highest BCUT2D eigenvalue weighted by atomic mass is 16.2. The first-order valence-corrected chi connectivity index (χ1v) is 3.64. The van der Waals surface area contributed by atoms with Gasteiger partial charge >= 0.3 is 0 Å². The number of rotatable bonds is 0. The second kappa shape index (κ2) is 3.84. The molecule has 1 N–H and O–H groups in total. The lowest BCUT2D eigenvalue weighted by atomic mass is 10.3. The van der Waals surface area contributed by atoms with Crippen LogP contribution >= 0.6 is 0 Å². The predicted molar refractivity (Wildman–Crippen MR) is 45.5 cm³/mol. The van der Waals surface area contributed by atoms with Crippen molar-refractivity contribution in [2.45, 2.75) is 13.8 Å². The van der Waals surface area contributed by atoms with Gasteiger partial charge in [-0.05, 0) is 19.8 Å². The molecule has 0 amide bonds. The van der Waals surface area contributed by atoms with Gasteiger partial charge in [0.05, 0.1) is 11.4 Å². The largest absolute Gasteiger partial charge is 0.384 e. The molecule has 0 saturated carbocycles. The maximum atomic E-state index is 8.47. The fourth-order valence-corrected chi connectivity index (χ4v) is 0.779. The molecule has 1 heterocycles. The SMILES string of the molecule is Cc1cnc(C)c(C#CCO)n1. The standard InChI is InChI=1S/C9H10N2O/c1-7-6-10-8(2)9(11-7)4-3-5-12/h6,12H,5H2,1-2H3. The highest BCUT2D eigenvalue weighted by Crippen LogP contribution is 1.99. The number of hydrogen-bond donors (Lipinski definition) is 1. The summed E-state index contributed by atoms with van der Waals surface area (Å²) in [6.45, 7) is 3.56. The molecule has 1 rings (SSSR count). The van der Waals surface area contributed by atoms with E-state index < -0.39 is 0 Å². The number of aromatic nitrogens is 2. The minimum Gasteiger partial charge on any atom is -0.384 e. The van der Waals surface area contributed by atoms with E-state index in [0.29, 0.717) is 5.69 Å². The zero-order valence-electron chi connectivity index (χ0n) is 7.13. The maximum Gasteiger partial charge on any atom is 0.134 e. The van der Waals surface area contributed by atoms with E-state index in [9.17, 15) is 0 Å². The number of aliphatic hydroxyl groups excluding tert-OH is 1. The molecule has 0 aromatic carbocycles. The van der Waals surface area contributed by atoms with Crippen molar-refractivity contribution in [1.82, 2.24) is 9.97 Å². The Kier molecular flexibility index (Phi) is 2.78. The first-order valence-electron chi connectivity index (χ1n) is 3.64. The summed E-state index contributed by atoms with van der Waals surface area (Å²) in [7, 11) is 0. The van der Waals surface area contributed by atoms with Crippen LogP contribution in [0.1, 0.15) is 17.1 Å². The number of hydrogen-bond acceptors (Lipinski definition) is 3. The van der Waals surface area contributed by atoms with Crippen LogP contribution in [-0.2, 0) is 0 Å². The van der Waals surface area contributed by atoms with E-state index >= 15 is 0 Å².